The Balaban J connectivity index is 1.38. The minimum atomic E-state index is -0.973. The average molecular weight is 485 g/mol. The van der Waals surface area contributed by atoms with E-state index in [0.29, 0.717) is 29.0 Å². The zero-order valence-electron chi connectivity index (χ0n) is 19.9. The van der Waals surface area contributed by atoms with Crippen molar-refractivity contribution in [2.75, 3.05) is 11.1 Å². The lowest BCUT2D eigenvalue weighted by Crippen LogP contribution is -2.39. The fourth-order valence-electron chi connectivity index (χ4n) is 4.74. The quantitative estimate of drug-likeness (QED) is 0.268. The molecule has 4 aromatic rings. The molecule has 1 saturated carbocycles. The maximum atomic E-state index is 10.9. The summed E-state index contributed by atoms with van der Waals surface area (Å²) < 4.78 is 6.39. The molecule has 0 bridgehead atoms. The number of aryl methyl sites for hydroxylation is 1. The molecule has 1 amide bonds. The summed E-state index contributed by atoms with van der Waals surface area (Å²) in [4.78, 5) is 24.5. The molecule has 2 aromatic heterocycles. The molecule has 1 aliphatic rings. The van der Waals surface area contributed by atoms with Gasteiger partial charge in [0.15, 0.2) is 0 Å². The van der Waals surface area contributed by atoms with Gasteiger partial charge >= 0.3 is 6.09 Å². The van der Waals surface area contributed by atoms with E-state index < -0.39 is 6.09 Å². The van der Waals surface area contributed by atoms with Crippen LogP contribution in [0, 0.1) is 6.92 Å². The highest BCUT2D eigenvalue weighted by Gasteiger charge is 2.23. The fraction of sp³-hybridized carbons (Fsp3) is 0.259. The van der Waals surface area contributed by atoms with E-state index in [9.17, 15) is 4.79 Å². The molecular weight excluding hydrogens is 456 g/mol. The summed E-state index contributed by atoms with van der Waals surface area (Å²) in [6.07, 6.45) is 5.66. The van der Waals surface area contributed by atoms with Crippen LogP contribution in [0.5, 0.6) is 11.6 Å². The van der Waals surface area contributed by atoms with E-state index in [4.69, 9.17) is 20.6 Å². The highest BCUT2D eigenvalue weighted by Crippen LogP contribution is 2.38. The Hall–Kier alpha value is -4.40. The lowest BCUT2D eigenvalue weighted by molar-refractivity contribution is 0.185. The largest absolute Gasteiger partial charge is 0.465 e. The van der Waals surface area contributed by atoms with Gasteiger partial charge in [-0.1, -0.05) is 24.3 Å². The number of amides is 1. The van der Waals surface area contributed by atoms with Gasteiger partial charge in [0.25, 0.3) is 0 Å². The van der Waals surface area contributed by atoms with E-state index >= 15 is 0 Å². The van der Waals surface area contributed by atoms with Gasteiger partial charge in [-0.25, -0.2) is 19.7 Å². The maximum absolute atomic E-state index is 10.9. The summed E-state index contributed by atoms with van der Waals surface area (Å²) in [5.74, 6) is 1.67. The van der Waals surface area contributed by atoms with Crippen LogP contribution >= 0.6 is 0 Å². The lowest BCUT2D eigenvalue weighted by Gasteiger charge is -2.28. The first-order valence-corrected chi connectivity index (χ1v) is 12.0. The van der Waals surface area contributed by atoms with Gasteiger partial charge in [0, 0.05) is 40.9 Å². The van der Waals surface area contributed by atoms with Crippen LogP contribution in [0.3, 0.4) is 0 Å². The number of nitrogen functional groups attached to an aromatic ring is 1. The Morgan fingerprint density at radius 3 is 2.53 bits per heavy atom. The third kappa shape index (κ3) is 5.00. The van der Waals surface area contributed by atoms with Gasteiger partial charge in [0.1, 0.15) is 5.75 Å². The molecule has 9 heteroatoms. The second-order valence-electron chi connectivity index (χ2n) is 9.02. The number of rotatable bonds is 6. The Morgan fingerprint density at radius 2 is 1.75 bits per heavy atom. The first-order chi connectivity index (χ1) is 17.5. The van der Waals surface area contributed by atoms with Crippen LogP contribution in [0.25, 0.3) is 22.0 Å². The van der Waals surface area contributed by atoms with Crippen LogP contribution in [-0.2, 0) is 0 Å². The van der Waals surface area contributed by atoms with Crippen molar-refractivity contribution in [2.24, 2.45) is 0 Å². The van der Waals surface area contributed by atoms with Crippen LogP contribution in [0.15, 0.2) is 60.9 Å². The van der Waals surface area contributed by atoms with E-state index in [0.717, 1.165) is 47.6 Å². The summed E-state index contributed by atoms with van der Waals surface area (Å²) in [6, 6.07) is 15.6. The van der Waals surface area contributed by atoms with Gasteiger partial charge in [-0.3, -0.25) is 0 Å². The topological polar surface area (TPSA) is 135 Å². The molecule has 0 atom stereocenters. The Morgan fingerprint density at radius 1 is 1.00 bits per heavy atom. The number of nitrogens with one attached hydrogen (secondary N) is 2. The van der Waals surface area contributed by atoms with Crippen molar-refractivity contribution in [3.8, 4) is 22.9 Å². The van der Waals surface area contributed by atoms with Crippen molar-refractivity contribution >= 4 is 28.5 Å². The molecule has 5 rings (SSSR count). The van der Waals surface area contributed by atoms with Crippen molar-refractivity contribution in [3.63, 3.8) is 0 Å². The van der Waals surface area contributed by atoms with E-state index in [-0.39, 0.29) is 12.1 Å². The number of fused-ring (bicyclic) bond motifs is 1. The first-order valence-electron chi connectivity index (χ1n) is 12.0. The van der Waals surface area contributed by atoms with Gasteiger partial charge in [0.2, 0.25) is 11.8 Å². The average Bonchev–Trinajstić information content (AvgIpc) is 2.88. The second-order valence-corrected chi connectivity index (χ2v) is 9.02. The molecular formula is C27H28N6O3. The Kier molecular flexibility index (Phi) is 6.53. The molecule has 0 unspecified atom stereocenters. The van der Waals surface area contributed by atoms with Crippen LogP contribution in [-0.4, -0.2) is 38.2 Å². The number of nitrogens with two attached hydrogens (primary N) is 1. The van der Waals surface area contributed by atoms with Gasteiger partial charge in [-0.15, -0.1) is 0 Å². The molecule has 1 aliphatic carbocycles. The van der Waals surface area contributed by atoms with Crippen LogP contribution in [0.2, 0.25) is 0 Å². The van der Waals surface area contributed by atoms with Crippen molar-refractivity contribution < 1.29 is 14.6 Å². The number of carboxylic acid groups (broad SMARTS) is 1. The molecule has 5 N–H and O–H groups in total. The molecule has 1 fully saturated rings. The predicted molar refractivity (Wildman–Crippen MR) is 139 cm³/mol. The molecule has 0 aliphatic heterocycles. The first kappa shape index (κ1) is 23.3. The highest BCUT2D eigenvalue weighted by molar-refractivity contribution is 5.98. The fourth-order valence-corrected chi connectivity index (χ4v) is 4.74. The summed E-state index contributed by atoms with van der Waals surface area (Å²) in [5, 5.41) is 16.8. The number of carbonyl (C=O) groups is 1. The van der Waals surface area contributed by atoms with Crippen molar-refractivity contribution in [2.45, 2.75) is 44.7 Å². The number of hydrogen-bond donors (Lipinski definition) is 4. The molecule has 9 nitrogen and oxygen atoms in total. The number of hydrogen-bond acceptors (Lipinski definition) is 7. The van der Waals surface area contributed by atoms with E-state index in [2.05, 4.69) is 20.6 Å². The predicted octanol–water partition coefficient (Wildman–Crippen LogP) is 5.37. The summed E-state index contributed by atoms with van der Waals surface area (Å²) in [6.45, 7) is 1.97. The molecule has 184 valence electrons. The van der Waals surface area contributed by atoms with Crippen LogP contribution in [0.1, 0.15) is 31.2 Å². The maximum Gasteiger partial charge on any atom is 0.404 e. The Labute approximate surface area is 208 Å². The highest BCUT2D eigenvalue weighted by atomic mass is 16.5. The molecule has 36 heavy (non-hydrogen) atoms. The molecule has 0 spiro atoms. The smallest absolute Gasteiger partial charge is 0.404 e. The van der Waals surface area contributed by atoms with Crippen LogP contribution in [0.4, 0.5) is 16.4 Å². The number of ether oxygens (including phenoxy) is 1. The van der Waals surface area contributed by atoms with Gasteiger partial charge in [0.05, 0.1) is 11.3 Å². The monoisotopic (exact) mass is 484 g/mol. The standard InChI is InChI=1S/C27H28N6O3/c1-16-15-22(28)19-5-2-3-6-20(19)24(16)36-25-21(7-4-13-29-25)23-12-14-30-26(33-23)31-17-8-10-18(11-9-17)32-27(34)35/h2-7,12-15,17-18,32H,8-11,28H2,1H3,(H,34,35)(H,30,31,33). The van der Waals surface area contributed by atoms with Crippen molar-refractivity contribution in [1.82, 2.24) is 20.3 Å². The third-order valence-electron chi connectivity index (χ3n) is 6.50. The Bertz CT molecular complexity index is 1400. The van der Waals surface area contributed by atoms with Gasteiger partial charge < -0.3 is 26.2 Å². The zero-order chi connectivity index (χ0) is 25.1. The van der Waals surface area contributed by atoms with Crippen LogP contribution < -0.4 is 21.1 Å². The summed E-state index contributed by atoms with van der Waals surface area (Å²) >= 11 is 0. The number of pyridine rings is 1. The summed E-state index contributed by atoms with van der Waals surface area (Å²) in [5.41, 5.74) is 9.30. The van der Waals surface area contributed by atoms with Gasteiger partial charge in [-0.05, 0) is 62.4 Å². The SMILES string of the molecule is Cc1cc(N)c2ccccc2c1Oc1ncccc1-c1ccnc(NC2CCC(NC(=O)O)CC2)n1. The zero-order valence-corrected chi connectivity index (χ0v) is 19.9. The molecule has 2 aromatic carbocycles. The lowest BCUT2D eigenvalue weighted by atomic mass is 9.91. The van der Waals surface area contributed by atoms with Gasteiger partial charge in [-0.2, -0.15) is 0 Å². The number of nitrogens with zero attached hydrogens (tertiary/aromatic N) is 3. The number of aromatic nitrogens is 3. The van der Waals surface area contributed by atoms with Crippen molar-refractivity contribution in [1.29, 1.82) is 0 Å². The third-order valence-corrected chi connectivity index (χ3v) is 6.50. The molecule has 0 radical (unpaired) electrons. The van der Waals surface area contributed by atoms with E-state index in [1.165, 1.54) is 0 Å². The minimum Gasteiger partial charge on any atom is -0.465 e. The minimum absolute atomic E-state index is 0.00391. The molecule has 2 heterocycles. The number of benzene rings is 2. The second kappa shape index (κ2) is 10.1. The summed E-state index contributed by atoms with van der Waals surface area (Å²) in [7, 11) is 0. The molecule has 0 saturated heterocycles. The van der Waals surface area contributed by atoms with E-state index in [1.54, 1.807) is 12.4 Å². The van der Waals surface area contributed by atoms with Crippen molar-refractivity contribution in [3.05, 3.63) is 66.5 Å². The number of anilines is 2. The normalized spacial score (nSPS) is 17.5. The van der Waals surface area contributed by atoms with E-state index in [1.807, 2.05) is 55.5 Å².